The first-order valence-corrected chi connectivity index (χ1v) is 12.7. The first-order valence-electron chi connectivity index (χ1n) is 12.7. The second-order valence-electron chi connectivity index (χ2n) is 9.64. The van der Waals surface area contributed by atoms with Gasteiger partial charge in [0.2, 0.25) is 6.79 Å². The van der Waals surface area contributed by atoms with Gasteiger partial charge in [-0.15, -0.1) is 0 Å². The zero-order valence-electron chi connectivity index (χ0n) is 20.9. The Hall–Kier alpha value is -2.56. The quantitative estimate of drug-likeness (QED) is 0.420. The van der Waals surface area contributed by atoms with E-state index < -0.39 is 12.1 Å². The van der Waals surface area contributed by atoms with E-state index in [9.17, 15) is 19.2 Å². The lowest BCUT2D eigenvalue weighted by Gasteiger charge is -2.36. The highest BCUT2D eigenvalue weighted by Crippen LogP contribution is 2.26. The number of esters is 2. The summed E-state index contributed by atoms with van der Waals surface area (Å²) in [5.41, 5.74) is 0. The van der Waals surface area contributed by atoms with Crippen molar-refractivity contribution >= 4 is 24.1 Å². The number of amides is 3. The van der Waals surface area contributed by atoms with Crippen LogP contribution in [-0.4, -0.2) is 92.7 Å². The van der Waals surface area contributed by atoms with E-state index in [4.69, 9.17) is 14.2 Å². The molecule has 3 rings (SSSR count). The summed E-state index contributed by atoms with van der Waals surface area (Å²) in [7, 11) is 1.42. The van der Waals surface area contributed by atoms with E-state index in [1.165, 1.54) is 14.0 Å². The van der Waals surface area contributed by atoms with Crippen LogP contribution in [0.5, 0.6) is 0 Å². The zero-order valence-corrected chi connectivity index (χ0v) is 20.9. The number of rotatable bonds is 7. The number of nitrogens with one attached hydrogen (secondary N) is 1. The standard InChI is InChI=1S/C24H39N3O8/c1-17(28)34-16-35-24(31)27-11-7-18(8-12-27)15-33-21-9-13-26(14-10-21)23(30)25-20-5-3-19(4-6-20)22(29)32-2/h18-21H,3-16H2,1-2H3,(H,25,30). The van der Waals surface area contributed by atoms with Gasteiger partial charge in [-0.05, 0) is 57.3 Å². The maximum absolute atomic E-state index is 12.7. The van der Waals surface area contributed by atoms with Crippen LogP contribution in [0.3, 0.4) is 0 Å². The molecule has 3 amide bonds. The zero-order chi connectivity index (χ0) is 25.2. The molecular weight excluding hydrogens is 458 g/mol. The Morgan fingerprint density at radius 1 is 0.829 bits per heavy atom. The number of hydrogen-bond acceptors (Lipinski definition) is 8. The highest BCUT2D eigenvalue weighted by atomic mass is 16.7. The fourth-order valence-electron chi connectivity index (χ4n) is 4.94. The van der Waals surface area contributed by atoms with Gasteiger partial charge in [0.15, 0.2) is 0 Å². The summed E-state index contributed by atoms with van der Waals surface area (Å²) in [5, 5.41) is 3.12. The monoisotopic (exact) mass is 497 g/mol. The van der Waals surface area contributed by atoms with Crippen LogP contribution in [0.25, 0.3) is 0 Å². The van der Waals surface area contributed by atoms with Crippen LogP contribution in [0.15, 0.2) is 0 Å². The molecule has 2 aliphatic heterocycles. The average molecular weight is 498 g/mol. The lowest BCUT2D eigenvalue weighted by molar-refractivity contribution is -0.150. The topological polar surface area (TPSA) is 124 Å². The van der Waals surface area contributed by atoms with Crippen molar-refractivity contribution in [2.24, 2.45) is 11.8 Å². The molecule has 35 heavy (non-hydrogen) atoms. The van der Waals surface area contributed by atoms with E-state index in [-0.39, 0.29) is 36.9 Å². The number of ether oxygens (including phenoxy) is 4. The molecule has 1 saturated carbocycles. The smallest absolute Gasteiger partial charge is 0.412 e. The van der Waals surface area contributed by atoms with Gasteiger partial charge in [0.25, 0.3) is 0 Å². The maximum Gasteiger partial charge on any atom is 0.412 e. The van der Waals surface area contributed by atoms with Crippen LogP contribution >= 0.6 is 0 Å². The molecule has 0 atom stereocenters. The van der Waals surface area contributed by atoms with E-state index >= 15 is 0 Å². The summed E-state index contributed by atoms with van der Waals surface area (Å²) in [6, 6.07) is 0.0834. The minimum Gasteiger partial charge on any atom is -0.469 e. The van der Waals surface area contributed by atoms with E-state index in [0.717, 1.165) is 51.4 Å². The first kappa shape index (κ1) is 27.0. The Kier molecular flexibility index (Phi) is 10.4. The number of carbonyl (C=O) groups is 4. The number of urea groups is 1. The third-order valence-electron chi connectivity index (χ3n) is 7.20. The number of carbonyl (C=O) groups excluding carboxylic acids is 4. The number of piperidine rings is 2. The largest absolute Gasteiger partial charge is 0.469 e. The van der Waals surface area contributed by atoms with Crippen molar-refractivity contribution < 1.29 is 38.1 Å². The Bertz CT molecular complexity index is 724. The minimum absolute atomic E-state index is 0.0297. The van der Waals surface area contributed by atoms with Gasteiger partial charge in [0.05, 0.1) is 19.1 Å². The summed E-state index contributed by atoms with van der Waals surface area (Å²) >= 11 is 0. The molecule has 0 radical (unpaired) electrons. The van der Waals surface area contributed by atoms with Crippen molar-refractivity contribution in [2.45, 2.75) is 70.4 Å². The number of hydrogen-bond donors (Lipinski definition) is 1. The SMILES string of the molecule is COC(=O)C1CCC(NC(=O)N2CCC(OCC3CCN(C(=O)OCOC(C)=O)CC3)CC2)CC1. The van der Waals surface area contributed by atoms with Gasteiger partial charge in [-0.3, -0.25) is 9.59 Å². The van der Waals surface area contributed by atoms with Crippen LogP contribution in [0, 0.1) is 11.8 Å². The van der Waals surface area contributed by atoms with Gasteiger partial charge in [-0.25, -0.2) is 9.59 Å². The van der Waals surface area contributed by atoms with Gasteiger partial charge >= 0.3 is 24.1 Å². The predicted octanol–water partition coefficient (Wildman–Crippen LogP) is 2.28. The van der Waals surface area contributed by atoms with Crippen LogP contribution in [0.4, 0.5) is 9.59 Å². The minimum atomic E-state index is -0.487. The Morgan fingerprint density at radius 3 is 2.06 bits per heavy atom. The molecule has 198 valence electrons. The van der Waals surface area contributed by atoms with Crippen LogP contribution in [0.2, 0.25) is 0 Å². The van der Waals surface area contributed by atoms with Gasteiger partial charge in [0, 0.05) is 45.8 Å². The van der Waals surface area contributed by atoms with Gasteiger partial charge in [0.1, 0.15) is 0 Å². The molecule has 0 aromatic rings. The van der Waals surface area contributed by atoms with E-state index in [1.807, 2.05) is 4.90 Å². The molecule has 2 heterocycles. The first-order chi connectivity index (χ1) is 16.9. The van der Waals surface area contributed by atoms with Crippen molar-refractivity contribution in [3.8, 4) is 0 Å². The molecule has 11 heteroatoms. The predicted molar refractivity (Wildman–Crippen MR) is 124 cm³/mol. The van der Waals surface area contributed by atoms with Crippen molar-refractivity contribution in [3.05, 3.63) is 0 Å². The number of likely N-dealkylation sites (tertiary alicyclic amines) is 2. The molecule has 3 fully saturated rings. The molecule has 3 aliphatic rings. The average Bonchev–Trinajstić information content (AvgIpc) is 2.87. The fraction of sp³-hybridized carbons (Fsp3) is 0.833. The lowest BCUT2D eigenvalue weighted by atomic mass is 9.86. The van der Waals surface area contributed by atoms with E-state index in [0.29, 0.717) is 38.7 Å². The molecule has 0 spiro atoms. The normalized spacial score (nSPS) is 23.9. The third kappa shape index (κ3) is 8.55. The summed E-state index contributed by atoms with van der Waals surface area (Å²) in [5.74, 6) is -0.302. The van der Waals surface area contributed by atoms with Crippen LogP contribution < -0.4 is 5.32 Å². The highest BCUT2D eigenvalue weighted by Gasteiger charge is 2.30. The molecule has 0 aromatic carbocycles. The van der Waals surface area contributed by atoms with Crippen LogP contribution in [-0.2, 0) is 28.5 Å². The van der Waals surface area contributed by atoms with Gasteiger partial charge in [-0.2, -0.15) is 0 Å². The van der Waals surface area contributed by atoms with Gasteiger partial charge in [-0.1, -0.05) is 0 Å². The summed E-state index contributed by atoms with van der Waals surface area (Å²) < 4.78 is 20.5. The molecule has 0 bridgehead atoms. The van der Waals surface area contributed by atoms with Crippen molar-refractivity contribution in [1.82, 2.24) is 15.1 Å². The molecule has 11 nitrogen and oxygen atoms in total. The summed E-state index contributed by atoms with van der Waals surface area (Å²) in [6.45, 7) is 4.07. The van der Waals surface area contributed by atoms with Crippen LogP contribution in [0.1, 0.15) is 58.3 Å². The molecular formula is C24H39N3O8. The van der Waals surface area contributed by atoms with E-state index in [1.54, 1.807) is 4.90 Å². The van der Waals surface area contributed by atoms with E-state index in [2.05, 4.69) is 10.1 Å². The van der Waals surface area contributed by atoms with Crippen molar-refractivity contribution in [3.63, 3.8) is 0 Å². The fourth-order valence-corrected chi connectivity index (χ4v) is 4.94. The molecule has 2 saturated heterocycles. The summed E-state index contributed by atoms with van der Waals surface area (Å²) in [4.78, 5) is 50.5. The molecule has 0 unspecified atom stereocenters. The lowest BCUT2D eigenvalue weighted by Crippen LogP contribution is -2.50. The van der Waals surface area contributed by atoms with Gasteiger partial charge < -0.3 is 34.1 Å². The highest BCUT2D eigenvalue weighted by molar-refractivity contribution is 5.75. The third-order valence-corrected chi connectivity index (χ3v) is 7.20. The number of methoxy groups -OCH3 is 1. The second-order valence-corrected chi connectivity index (χ2v) is 9.64. The molecule has 0 aromatic heterocycles. The number of nitrogens with zero attached hydrogens (tertiary/aromatic N) is 2. The van der Waals surface area contributed by atoms with Crippen molar-refractivity contribution in [1.29, 1.82) is 0 Å². The Balaban J connectivity index is 1.26. The molecule has 1 aliphatic carbocycles. The Labute approximate surface area is 206 Å². The summed E-state index contributed by atoms with van der Waals surface area (Å²) in [6.07, 6.45) is 6.07. The second kappa shape index (κ2) is 13.5. The Morgan fingerprint density at radius 2 is 1.46 bits per heavy atom. The van der Waals surface area contributed by atoms with Crippen molar-refractivity contribution in [2.75, 3.05) is 46.7 Å². The maximum atomic E-state index is 12.7. The molecule has 1 N–H and O–H groups in total.